The minimum Gasteiger partial charge on any atom is -0.269 e. The Morgan fingerprint density at radius 2 is 1.93 bits per heavy atom. The Labute approximate surface area is 171 Å². The van der Waals surface area contributed by atoms with Gasteiger partial charge < -0.3 is 0 Å². The summed E-state index contributed by atoms with van der Waals surface area (Å²) in [6.45, 7) is 2.12. The number of hydrogen-bond acceptors (Lipinski definition) is 5. The monoisotopic (exact) mass is 398 g/mol. The third-order valence-corrected chi connectivity index (χ3v) is 6.27. The van der Waals surface area contributed by atoms with E-state index in [2.05, 4.69) is 23.0 Å². The van der Waals surface area contributed by atoms with Crippen molar-refractivity contribution in [1.82, 2.24) is 19.5 Å². The molecule has 0 N–H and O–H groups in total. The average molecular weight is 398 g/mol. The van der Waals surface area contributed by atoms with Gasteiger partial charge in [0.05, 0.1) is 27.1 Å². The number of rotatable bonds is 4. The van der Waals surface area contributed by atoms with Crippen LogP contribution in [0.4, 0.5) is 0 Å². The van der Waals surface area contributed by atoms with E-state index in [4.69, 9.17) is 4.98 Å². The van der Waals surface area contributed by atoms with Crippen molar-refractivity contribution in [2.45, 2.75) is 19.3 Å². The number of thiazole rings is 1. The van der Waals surface area contributed by atoms with E-state index < -0.39 is 0 Å². The summed E-state index contributed by atoms with van der Waals surface area (Å²) >= 11 is 1.69. The van der Waals surface area contributed by atoms with E-state index in [0.717, 1.165) is 27.2 Å². The third kappa shape index (κ3) is 3.21. The van der Waals surface area contributed by atoms with Gasteiger partial charge >= 0.3 is 0 Å². The van der Waals surface area contributed by atoms with Gasteiger partial charge in [-0.1, -0.05) is 19.1 Å². The van der Waals surface area contributed by atoms with Crippen molar-refractivity contribution in [2.24, 2.45) is 0 Å². The van der Waals surface area contributed by atoms with Crippen LogP contribution in [0.1, 0.15) is 23.4 Å². The van der Waals surface area contributed by atoms with Crippen LogP contribution >= 0.6 is 11.3 Å². The van der Waals surface area contributed by atoms with Crippen molar-refractivity contribution < 1.29 is 0 Å². The zero-order valence-electron chi connectivity index (χ0n) is 15.8. The van der Waals surface area contributed by atoms with E-state index in [-0.39, 0.29) is 11.5 Å². The molecule has 6 heteroatoms. The van der Waals surface area contributed by atoms with Crippen molar-refractivity contribution in [3.8, 4) is 5.69 Å². The van der Waals surface area contributed by atoms with Gasteiger partial charge in [0.25, 0.3) is 5.56 Å². The number of hydrogen-bond donors (Lipinski definition) is 0. The van der Waals surface area contributed by atoms with E-state index in [0.29, 0.717) is 12.1 Å². The molecule has 1 atom stereocenters. The van der Waals surface area contributed by atoms with E-state index in [1.807, 2.05) is 48.5 Å². The first-order chi connectivity index (χ1) is 14.2. The molecule has 1 unspecified atom stereocenters. The molecule has 0 spiro atoms. The summed E-state index contributed by atoms with van der Waals surface area (Å²) in [5.41, 5.74) is 3.06. The fourth-order valence-corrected chi connectivity index (χ4v) is 4.61. The average Bonchev–Trinajstić information content (AvgIpc) is 3.19. The van der Waals surface area contributed by atoms with Gasteiger partial charge in [0.1, 0.15) is 5.65 Å². The molecule has 142 valence electrons. The third-order valence-electron chi connectivity index (χ3n) is 5.00. The summed E-state index contributed by atoms with van der Waals surface area (Å²) in [7, 11) is 0. The van der Waals surface area contributed by atoms with E-state index in [1.165, 1.54) is 4.70 Å². The highest BCUT2D eigenvalue weighted by atomic mass is 32.1. The molecule has 0 amide bonds. The van der Waals surface area contributed by atoms with Crippen LogP contribution in [0.3, 0.4) is 0 Å². The predicted molar refractivity (Wildman–Crippen MR) is 117 cm³/mol. The van der Waals surface area contributed by atoms with E-state index in [1.54, 1.807) is 34.5 Å². The van der Waals surface area contributed by atoms with Gasteiger partial charge in [-0.2, -0.15) is 0 Å². The van der Waals surface area contributed by atoms with Crippen LogP contribution in [0.25, 0.3) is 26.9 Å². The minimum atomic E-state index is -0.0582. The first-order valence-corrected chi connectivity index (χ1v) is 10.3. The Morgan fingerprint density at radius 3 is 2.76 bits per heavy atom. The van der Waals surface area contributed by atoms with Gasteiger partial charge in [-0.3, -0.25) is 14.3 Å². The maximum absolute atomic E-state index is 13.4. The molecule has 0 bridgehead atoms. The van der Waals surface area contributed by atoms with Crippen LogP contribution in [0.15, 0.2) is 78.0 Å². The van der Waals surface area contributed by atoms with Gasteiger partial charge in [-0.15, -0.1) is 11.3 Å². The van der Waals surface area contributed by atoms with E-state index in [9.17, 15) is 4.79 Å². The lowest BCUT2D eigenvalue weighted by molar-refractivity contribution is 0.741. The van der Waals surface area contributed by atoms with Crippen LogP contribution in [0.5, 0.6) is 0 Å². The zero-order valence-corrected chi connectivity index (χ0v) is 16.6. The molecule has 29 heavy (non-hydrogen) atoms. The number of nitrogens with zero attached hydrogens (tertiary/aromatic N) is 4. The van der Waals surface area contributed by atoms with Gasteiger partial charge in [0.15, 0.2) is 0 Å². The fraction of sp³-hybridized carbons (Fsp3) is 0.130. The highest BCUT2D eigenvalue weighted by molar-refractivity contribution is 7.18. The normalized spacial score (nSPS) is 12.4. The van der Waals surface area contributed by atoms with Crippen molar-refractivity contribution in [3.05, 3.63) is 94.1 Å². The highest BCUT2D eigenvalue weighted by Gasteiger charge is 2.17. The number of pyridine rings is 3. The summed E-state index contributed by atoms with van der Waals surface area (Å²) in [4.78, 5) is 26.8. The molecule has 5 nitrogen and oxygen atoms in total. The molecule has 0 radical (unpaired) electrons. The molecule has 0 saturated carbocycles. The maximum Gasteiger partial charge on any atom is 0.260 e. The Balaban J connectivity index is 1.61. The summed E-state index contributed by atoms with van der Waals surface area (Å²) in [6.07, 6.45) is 5.71. The second-order valence-electron chi connectivity index (χ2n) is 7.06. The molecular weight excluding hydrogens is 380 g/mol. The Hall–Kier alpha value is -3.38. The van der Waals surface area contributed by atoms with Crippen LogP contribution < -0.4 is 5.56 Å². The van der Waals surface area contributed by atoms with Crippen molar-refractivity contribution >= 4 is 32.6 Å². The lowest BCUT2D eigenvalue weighted by Gasteiger charge is -2.13. The van der Waals surface area contributed by atoms with Crippen LogP contribution in [-0.4, -0.2) is 19.5 Å². The SMILES string of the molecule is CC(Cc1cc2cccnc2n(-c2cccnc2)c1=O)c1nc2ccccc2s1. The Kier molecular flexibility index (Phi) is 4.41. The summed E-state index contributed by atoms with van der Waals surface area (Å²) in [5, 5.41) is 1.98. The van der Waals surface area contributed by atoms with Crippen molar-refractivity contribution in [3.63, 3.8) is 0 Å². The molecule has 5 aromatic rings. The molecule has 0 aliphatic carbocycles. The van der Waals surface area contributed by atoms with Gasteiger partial charge in [0.2, 0.25) is 0 Å². The number of fused-ring (bicyclic) bond motifs is 2. The Morgan fingerprint density at radius 1 is 1.07 bits per heavy atom. The predicted octanol–water partition coefficient (Wildman–Crippen LogP) is 4.74. The Bertz CT molecular complexity index is 1340. The fourth-order valence-electron chi connectivity index (χ4n) is 3.59. The number of benzene rings is 1. The van der Waals surface area contributed by atoms with Crippen molar-refractivity contribution in [2.75, 3.05) is 0 Å². The quantitative estimate of drug-likeness (QED) is 0.439. The first-order valence-electron chi connectivity index (χ1n) is 9.46. The molecule has 5 rings (SSSR count). The summed E-state index contributed by atoms with van der Waals surface area (Å²) in [5.74, 6) is 0.136. The van der Waals surface area contributed by atoms with Crippen LogP contribution in [-0.2, 0) is 6.42 Å². The summed E-state index contributed by atoms with van der Waals surface area (Å²) in [6, 6.07) is 17.7. The van der Waals surface area contributed by atoms with E-state index >= 15 is 0 Å². The molecule has 0 aliphatic heterocycles. The number of para-hydroxylation sites is 1. The zero-order chi connectivity index (χ0) is 19.8. The second kappa shape index (κ2) is 7.22. The summed E-state index contributed by atoms with van der Waals surface area (Å²) < 4.78 is 2.83. The molecule has 0 aliphatic rings. The van der Waals surface area contributed by atoms with Gasteiger partial charge in [-0.05, 0) is 48.9 Å². The molecule has 0 saturated heterocycles. The van der Waals surface area contributed by atoms with Gasteiger partial charge in [-0.25, -0.2) is 9.97 Å². The molecule has 4 heterocycles. The standard InChI is InChI=1S/C23H18N4OS/c1-15(22-26-19-8-2-3-9-20(19)29-22)12-17-13-16-6-4-11-25-21(16)27(23(17)28)18-7-5-10-24-14-18/h2-11,13-15H,12H2,1H3. The van der Waals surface area contributed by atoms with Crippen LogP contribution in [0.2, 0.25) is 0 Å². The topological polar surface area (TPSA) is 60.7 Å². The smallest absolute Gasteiger partial charge is 0.260 e. The minimum absolute atomic E-state index is 0.0582. The molecule has 1 aromatic carbocycles. The van der Waals surface area contributed by atoms with Crippen LogP contribution in [0, 0.1) is 0 Å². The molecular formula is C23H18N4OS. The van der Waals surface area contributed by atoms with Gasteiger partial charge in [0, 0.05) is 29.3 Å². The number of aromatic nitrogens is 4. The second-order valence-corrected chi connectivity index (χ2v) is 8.12. The molecule has 4 aromatic heterocycles. The highest BCUT2D eigenvalue weighted by Crippen LogP contribution is 2.29. The first kappa shape index (κ1) is 17.7. The van der Waals surface area contributed by atoms with Crippen molar-refractivity contribution in [1.29, 1.82) is 0 Å². The lowest BCUT2D eigenvalue weighted by Crippen LogP contribution is -2.24. The lowest BCUT2D eigenvalue weighted by atomic mass is 10.0. The largest absolute Gasteiger partial charge is 0.269 e. The maximum atomic E-state index is 13.4. The molecule has 0 fully saturated rings.